The Morgan fingerprint density at radius 3 is 1.56 bits per heavy atom. The first-order valence-corrected chi connectivity index (χ1v) is 21.6. The van der Waals surface area contributed by atoms with Gasteiger partial charge in [-0.2, -0.15) is 9.97 Å². The smallest absolute Gasteiger partial charge is 0.399 e. The first-order valence-electron chi connectivity index (χ1n) is 21.2. The summed E-state index contributed by atoms with van der Waals surface area (Å²) < 4.78 is 26.8. The largest absolute Gasteiger partial charge is 0.498 e. The van der Waals surface area contributed by atoms with Crippen LogP contribution in [0.25, 0.3) is 33.7 Å². The molecule has 0 amide bonds. The van der Waals surface area contributed by atoms with E-state index < -0.39 is 7.12 Å². The number of halogens is 1. The minimum Gasteiger partial charge on any atom is -0.399 e. The molecule has 0 unspecified atom stereocenters. The van der Waals surface area contributed by atoms with Crippen LogP contribution >= 0.6 is 11.6 Å². The molecule has 11 rings (SSSR count). The minimum atomic E-state index is -0.425. The topological polar surface area (TPSA) is 234 Å². The van der Waals surface area contributed by atoms with Gasteiger partial charge in [-0.25, -0.2) is 39.9 Å². The quantitative estimate of drug-likeness (QED) is 0.163. The number of ether oxygens (including phenoxy) is 2. The molecule has 0 radical (unpaired) electrons. The van der Waals surface area contributed by atoms with Crippen molar-refractivity contribution in [3.63, 3.8) is 0 Å². The standard InChI is InChI=1S/C17H20N8O.C13H16ClN5O.C10H16BN3O2.CH4/c18-17-19-7-12(8-20-17)14-22-15(24-3-5-26-6-4-24)13-16(23-14)25(10-21-13)9-11-1-2-11;14-13-16-11(18-3-5-20-6-4-18)10-12(17-13)19(8-15-10)7-9-1-2-9;1-9(2)10(3,4)16-11(15-9)7-5-13-8(12)14-6-7;/h7-8,10-11H,1-6,9H2,(H2,18,19,20);8-9H,1-7H2;5-6H,1-4H3,(H2,12,13,14);1H4. The van der Waals surface area contributed by atoms with Crippen molar-refractivity contribution < 1.29 is 18.8 Å². The zero-order valence-electron chi connectivity index (χ0n) is 35.5. The van der Waals surface area contributed by atoms with Crippen molar-refractivity contribution in [1.82, 2.24) is 59.0 Å². The molecule has 5 fully saturated rings. The van der Waals surface area contributed by atoms with Crippen LogP contribution in [0.4, 0.5) is 23.5 Å². The summed E-state index contributed by atoms with van der Waals surface area (Å²) in [7, 11) is -0.425. The summed E-state index contributed by atoms with van der Waals surface area (Å²) in [5, 5.41) is 0.288. The van der Waals surface area contributed by atoms with Crippen molar-refractivity contribution in [2.45, 2.75) is 85.1 Å². The maximum absolute atomic E-state index is 6.10. The SMILES string of the molecule is C.CC1(C)OB(c2cnc(N)nc2)OC1(C)C.Clc1nc(N2CCOCC2)c2ncn(CC3CC3)c2n1.Nc1ncc(-c2nc(N3CCOCC3)c3ncn(CC4CC4)c3n2)cn1. The maximum atomic E-state index is 6.10. The fourth-order valence-electron chi connectivity index (χ4n) is 7.28. The van der Waals surface area contributed by atoms with E-state index in [2.05, 4.69) is 58.8 Å². The Bertz CT molecular complexity index is 2470. The van der Waals surface area contributed by atoms with E-state index in [1.165, 1.54) is 25.7 Å². The fraction of sp³-hybridized carbons (Fsp3) is 0.561. The van der Waals surface area contributed by atoms with E-state index in [1.807, 2.05) is 40.3 Å². The van der Waals surface area contributed by atoms with Crippen molar-refractivity contribution in [3.8, 4) is 11.4 Å². The van der Waals surface area contributed by atoms with Crippen LogP contribution in [0.2, 0.25) is 5.28 Å². The summed E-state index contributed by atoms with van der Waals surface area (Å²) in [6, 6.07) is 0. The number of nitrogen functional groups attached to an aromatic ring is 2. The minimum absolute atomic E-state index is 0. The monoisotopic (exact) mass is 882 g/mol. The lowest BCUT2D eigenvalue weighted by molar-refractivity contribution is 0.00578. The number of morpholine rings is 2. The number of nitrogens with zero attached hydrogens (tertiary/aromatic N) is 14. The molecule has 9 heterocycles. The summed E-state index contributed by atoms with van der Waals surface area (Å²) in [4.78, 5) is 47.9. The Kier molecular flexibility index (Phi) is 12.9. The van der Waals surface area contributed by atoms with Crippen molar-refractivity contribution in [1.29, 1.82) is 0 Å². The number of fused-ring (bicyclic) bond motifs is 2. The van der Waals surface area contributed by atoms with Gasteiger partial charge < -0.3 is 49.2 Å². The molecule has 63 heavy (non-hydrogen) atoms. The van der Waals surface area contributed by atoms with Crippen molar-refractivity contribution >= 4 is 70.0 Å². The Morgan fingerprint density at radius 1 is 0.635 bits per heavy atom. The van der Waals surface area contributed by atoms with Gasteiger partial charge in [0, 0.05) is 69.5 Å². The van der Waals surface area contributed by atoms with Gasteiger partial charge in [0.15, 0.2) is 39.8 Å². The molecule has 2 aliphatic carbocycles. The van der Waals surface area contributed by atoms with Gasteiger partial charge in [0.25, 0.3) is 0 Å². The number of nitrogens with two attached hydrogens (primary N) is 2. The Morgan fingerprint density at radius 2 is 1.08 bits per heavy atom. The first-order chi connectivity index (χ1) is 29.9. The molecule has 0 aromatic carbocycles. The lowest BCUT2D eigenvalue weighted by atomic mass is 9.81. The van der Waals surface area contributed by atoms with E-state index in [0.29, 0.717) is 32.3 Å². The lowest BCUT2D eigenvalue weighted by Crippen LogP contribution is -2.41. The highest BCUT2D eigenvalue weighted by Gasteiger charge is 2.52. The van der Waals surface area contributed by atoms with Crippen LogP contribution in [0.1, 0.15) is 60.8 Å². The second-order valence-corrected chi connectivity index (χ2v) is 17.5. The molecule has 3 saturated heterocycles. The highest BCUT2D eigenvalue weighted by Crippen LogP contribution is 2.37. The molecule has 5 aliphatic rings. The van der Waals surface area contributed by atoms with Gasteiger partial charge in [-0.1, -0.05) is 7.43 Å². The Hall–Kier alpha value is -5.35. The van der Waals surface area contributed by atoms with Crippen molar-refractivity contribution in [2.75, 3.05) is 73.9 Å². The third-order valence-electron chi connectivity index (χ3n) is 11.9. The molecule has 0 spiro atoms. The molecule has 3 aliphatic heterocycles. The van der Waals surface area contributed by atoms with Crippen molar-refractivity contribution in [3.05, 3.63) is 42.7 Å². The van der Waals surface area contributed by atoms with Gasteiger partial charge in [-0.3, -0.25) is 0 Å². The number of hydrogen-bond acceptors (Lipinski definition) is 18. The van der Waals surface area contributed by atoms with Gasteiger partial charge >= 0.3 is 7.12 Å². The molecule has 6 aromatic heterocycles. The number of imidazole rings is 2. The second kappa shape index (κ2) is 18.4. The number of anilines is 4. The molecule has 334 valence electrons. The second-order valence-electron chi connectivity index (χ2n) is 17.2. The first kappa shape index (κ1) is 44.3. The van der Waals surface area contributed by atoms with Crippen LogP contribution in [0.3, 0.4) is 0 Å². The van der Waals surface area contributed by atoms with Crippen LogP contribution in [0.15, 0.2) is 37.4 Å². The van der Waals surface area contributed by atoms with Crippen LogP contribution in [0, 0.1) is 11.8 Å². The van der Waals surface area contributed by atoms with Crippen molar-refractivity contribution in [2.24, 2.45) is 11.8 Å². The number of rotatable bonds is 8. The van der Waals surface area contributed by atoms with E-state index >= 15 is 0 Å². The summed E-state index contributed by atoms with van der Waals surface area (Å²) in [5.74, 6) is 4.27. The Balaban J connectivity index is 0.000000133. The highest BCUT2D eigenvalue weighted by molar-refractivity contribution is 6.61. The number of aromatic nitrogens is 12. The molecule has 20 nitrogen and oxygen atoms in total. The van der Waals surface area contributed by atoms with E-state index in [4.69, 9.17) is 51.8 Å². The van der Waals surface area contributed by atoms with E-state index in [0.717, 1.165) is 96.1 Å². The summed E-state index contributed by atoms with van der Waals surface area (Å²) >= 11 is 6.10. The summed E-state index contributed by atoms with van der Waals surface area (Å²) in [6.45, 7) is 16.0. The van der Waals surface area contributed by atoms with Gasteiger partial charge in [0.05, 0.1) is 55.8 Å². The molecular formula is C41H56BClN16O4. The van der Waals surface area contributed by atoms with Crippen LogP contribution in [-0.2, 0) is 31.9 Å². The van der Waals surface area contributed by atoms with E-state index in [1.54, 1.807) is 24.8 Å². The van der Waals surface area contributed by atoms with Gasteiger partial charge in [-0.15, -0.1) is 0 Å². The van der Waals surface area contributed by atoms with E-state index in [-0.39, 0.29) is 35.8 Å². The van der Waals surface area contributed by atoms with Gasteiger partial charge in [0.2, 0.25) is 17.2 Å². The fourth-order valence-corrected chi connectivity index (χ4v) is 7.44. The Labute approximate surface area is 371 Å². The molecular weight excluding hydrogens is 827 g/mol. The van der Waals surface area contributed by atoms with E-state index in [9.17, 15) is 0 Å². The van der Waals surface area contributed by atoms with Gasteiger partial charge in [0.1, 0.15) is 0 Å². The third-order valence-corrected chi connectivity index (χ3v) is 12.1. The van der Waals surface area contributed by atoms with Crippen LogP contribution in [0.5, 0.6) is 0 Å². The predicted molar refractivity (Wildman–Crippen MR) is 241 cm³/mol. The molecule has 4 N–H and O–H groups in total. The average Bonchev–Trinajstić information content (AvgIpc) is 4.18. The molecule has 0 atom stereocenters. The summed E-state index contributed by atoms with van der Waals surface area (Å²) in [5.41, 5.74) is 15.3. The predicted octanol–water partition coefficient (Wildman–Crippen LogP) is 3.83. The number of hydrogen-bond donors (Lipinski definition) is 2. The molecule has 2 saturated carbocycles. The van der Waals surface area contributed by atoms with Crippen LogP contribution in [-0.4, -0.2) is 130 Å². The zero-order chi connectivity index (χ0) is 43.0. The average molecular weight is 883 g/mol. The maximum Gasteiger partial charge on any atom is 0.498 e. The molecule has 22 heteroatoms. The summed E-state index contributed by atoms with van der Waals surface area (Å²) in [6.07, 6.45) is 15.5. The van der Waals surface area contributed by atoms with Crippen LogP contribution < -0.4 is 26.7 Å². The van der Waals surface area contributed by atoms with Gasteiger partial charge in [-0.05, 0) is 76.8 Å². The normalized spacial score (nSPS) is 19.3. The highest BCUT2D eigenvalue weighted by atomic mass is 35.5. The zero-order valence-corrected chi connectivity index (χ0v) is 36.3. The third kappa shape index (κ3) is 10.1. The molecule has 6 aromatic rings. The molecule has 0 bridgehead atoms. The lowest BCUT2D eigenvalue weighted by Gasteiger charge is -2.32.